The molecule has 1 aliphatic heterocycles. The third-order valence-corrected chi connectivity index (χ3v) is 16.0. The summed E-state index contributed by atoms with van der Waals surface area (Å²) in [4.78, 5) is 88.6. The second kappa shape index (κ2) is 32.3. The number of thioether (sulfide) groups is 1. The first-order chi connectivity index (χ1) is 34.3. The third-order valence-electron chi connectivity index (χ3n) is 12.0. The van der Waals surface area contributed by atoms with Gasteiger partial charge in [0.25, 0.3) is 0 Å². The highest BCUT2D eigenvalue weighted by Crippen LogP contribution is 2.61. The van der Waals surface area contributed by atoms with E-state index in [0.717, 1.165) is 54.2 Å². The number of rotatable bonds is 39. The van der Waals surface area contributed by atoms with Gasteiger partial charge in [0, 0.05) is 37.1 Å². The summed E-state index contributed by atoms with van der Waals surface area (Å²) < 4.78 is 62.5. The van der Waals surface area contributed by atoms with Gasteiger partial charge in [0.2, 0.25) is 11.8 Å². The van der Waals surface area contributed by atoms with Crippen LogP contribution >= 0.6 is 35.2 Å². The van der Waals surface area contributed by atoms with E-state index in [-0.39, 0.29) is 53.8 Å². The van der Waals surface area contributed by atoms with E-state index in [1.807, 2.05) is 0 Å². The number of phosphoric acid groups is 3. The van der Waals surface area contributed by atoms with Gasteiger partial charge < -0.3 is 56.0 Å². The summed E-state index contributed by atoms with van der Waals surface area (Å²) in [5.41, 5.74) is 4.26. The van der Waals surface area contributed by atoms with Gasteiger partial charge in [0.15, 0.2) is 22.8 Å². The number of hydrogen-bond acceptors (Lipinski definition) is 19. The molecule has 0 spiro atoms. The number of amides is 2. The molecule has 25 nitrogen and oxygen atoms in total. The molecule has 1 aliphatic rings. The van der Waals surface area contributed by atoms with E-state index in [4.69, 9.17) is 19.5 Å². The second-order valence-corrected chi connectivity index (χ2v) is 24.8. The van der Waals surface area contributed by atoms with Crippen molar-refractivity contribution in [2.24, 2.45) is 11.3 Å². The third kappa shape index (κ3) is 25.5. The molecular weight excluding hydrogens is 1040 g/mol. The number of nitrogens with two attached hydrogens (primary N) is 1. The molecule has 8 atom stereocenters. The summed E-state index contributed by atoms with van der Waals surface area (Å²) in [7, 11) is -16.4. The van der Waals surface area contributed by atoms with Crippen molar-refractivity contribution in [1.82, 2.24) is 30.2 Å². The number of aliphatic hydroxyl groups excluding tert-OH is 3. The van der Waals surface area contributed by atoms with Crippen LogP contribution in [0.4, 0.5) is 5.82 Å². The number of nitrogens with one attached hydrogen (secondary N) is 2. The Morgan fingerprint density at radius 2 is 1.38 bits per heavy atom. The monoisotopic (exact) mass is 1120 g/mol. The van der Waals surface area contributed by atoms with Crippen LogP contribution in [0, 0.1) is 11.3 Å². The molecule has 3 rings (SSSR count). The summed E-state index contributed by atoms with van der Waals surface area (Å²) in [6.07, 6.45) is 13.1. The number of carbonyl (C=O) groups is 3. The molecule has 2 unspecified atom stereocenters. The summed E-state index contributed by atoms with van der Waals surface area (Å²) in [6.45, 7) is 4.99. The van der Waals surface area contributed by atoms with Gasteiger partial charge in [-0.3, -0.25) is 32.5 Å². The minimum absolute atomic E-state index is 0.0264. The largest absolute Gasteiger partial charge is 0.481 e. The molecule has 1 fully saturated rings. The number of hydrogen-bond donors (Lipinski definition) is 10. The van der Waals surface area contributed by atoms with Crippen molar-refractivity contribution in [2.75, 3.05) is 37.8 Å². The number of nitrogen functional groups attached to an aromatic ring is 1. The van der Waals surface area contributed by atoms with Gasteiger partial charge in [-0.15, -0.1) is 0 Å². The predicted octanol–water partition coefficient (Wildman–Crippen LogP) is 5.70. The topological polar surface area (TPSA) is 384 Å². The fraction of sp³-hybridized carbons (Fsp3) is 0.818. The molecule has 0 radical (unpaired) electrons. The molecule has 2 aromatic rings. The fourth-order valence-corrected chi connectivity index (χ4v) is 11.5. The number of aromatic nitrogens is 4. The molecule has 0 aromatic carbocycles. The molecular formula is C44H80N7O18P3S. The fourth-order valence-electron chi connectivity index (χ4n) is 7.88. The molecule has 2 aromatic heterocycles. The van der Waals surface area contributed by atoms with Crippen molar-refractivity contribution in [2.45, 2.75) is 186 Å². The maximum atomic E-state index is 12.8. The number of anilines is 1. The molecule has 1 saturated heterocycles. The molecule has 73 heavy (non-hydrogen) atoms. The molecule has 0 saturated carbocycles. The second-order valence-electron chi connectivity index (χ2n) is 19.4. The highest BCUT2D eigenvalue weighted by atomic mass is 32.2. The lowest BCUT2D eigenvalue weighted by Crippen LogP contribution is -2.46. The van der Waals surface area contributed by atoms with E-state index >= 15 is 0 Å². The molecule has 29 heteroatoms. The highest BCUT2D eigenvalue weighted by molar-refractivity contribution is 8.13. The summed E-state index contributed by atoms with van der Waals surface area (Å²) >= 11 is 1.00. The van der Waals surface area contributed by atoms with Crippen LogP contribution in [0.1, 0.15) is 156 Å². The number of aliphatic hydroxyl groups is 3. The zero-order valence-corrected chi connectivity index (χ0v) is 45.9. The number of phosphoric ester groups is 3. The van der Waals surface area contributed by atoms with Crippen molar-refractivity contribution < 1.29 is 85.6 Å². The van der Waals surface area contributed by atoms with Gasteiger partial charge in [-0.2, -0.15) is 4.31 Å². The van der Waals surface area contributed by atoms with Gasteiger partial charge in [0.05, 0.1) is 25.6 Å². The van der Waals surface area contributed by atoms with Crippen molar-refractivity contribution in [3.05, 3.63) is 12.7 Å². The number of imidazole rings is 1. The van der Waals surface area contributed by atoms with E-state index in [2.05, 4.69) is 48.3 Å². The molecule has 420 valence electrons. The van der Waals surface area contributed by atoms with E-state index in [1.165, 1.54) is 97.3 Å². The quantitative estimate of drug-likeness (QED) is 0.0283. The summed E-state index contributed by atoms with van der Waals surface area (Å²) in [6, 6.07) is 0. The maximum Gasteiger partial charge on any atom is 0.481 e. The zero-order valence-electron chi connectivity index (χ0n) is 42.4. The van der Waals surface area contributed by atoms with Gasteiger partial charge >= 0.3 is 23.5 Å². The Labute approximate surface area is 431 Å². The van der Waals surface area contributed by atoms with Gasteiger partial charge in [0.1, 0.15) is 36.3 Å². The van der Waals surface area contributed by atoms with E-state index in [9.17, 15) is 63.0 Å². The first-order valence-corrected chi connectivity index (χ1v) is 30.5. The van der Waals surface area contributed by atoms with Gasteiger partial charge in [-0.25, -0.2) is 28.6 Å². The first-order valence-electron chi connectivity index (χ1n) is 25.0. The van der Waals surface area contributed by atoms with Crippen LogP contribution in [-0.2, 0) is 50.7 Å². The normalized spacial score (nSPS) is 19.9. The Balaban J connectivity index is 1.25. The highest BCUT2D eigenvalue weighted by Gasteiger charge is 2.50. The Hall–Kier alpha value is -2.48. The number of ether oxygens (including phenoxy) is 1. The van der Waals surface area contributed by atoms with Crippen LogP contribution < -0.4 is 16.4 Å². The van der Waals surface area contributed by atoms with Crippen LogP contribution in [0.3, 0.4) is 0 Å². The minimum Gasteiger partial charge on any atom is -0.393 e. The lowest BCUT2D eigenvalue weighted by Gasteiger charge is -2.30. The van der Waals surface area contributed by atoms with E-state index in [1.54, 1.807) is 0 Å². The van der Waals surface area contributed by atoms with Crippen molar-refractivity contribution in [3.63, 3.8) is 0 Å². The lowest BCUT2D eigenvalue weighted by atomic mass is 9.87. The van der Waals surface area contributed by atoms with Crippen molar-refractivity contribution >= 4 is 69.1 Å². The van der Waals surface area contributed by atoms with Crippen LogP contribution in [-0.4, -0.2) is 134 Å². The Morgan fingerprint density at radius 3 is 1.96 bits per heavy atom. The van der Waals surface area contributed by atoms with Crippen LogP contribution in [0.15, 0.2) is 12.7 Å². The number of nitrogens with zero attached hydrogens (tertiary/aromatic N) is 4. The molecule has 2 amide bonds. The number of fused-ring (bicyclic) bond motifs is 1. The smallest absolute Gasteiger partial charge is 0.393 e. The Morgan fingerprint density at radius 1 is 0.822 bits per heavy atom. The molecule has 0 bridgehead atoms. The minimum atomic E-state index is -5.59. The Kier molecular flexibility index (Phi) is 28.7. The van der Waals surface area contributed by atoms with Gasteiger partial charge in [-0.05, 0) is 12.3 Å². The number of carbonyl (C=O) groups excluding carboxylic acids is 3. The molecule has 11 N–H and O–H groups in total. The van der Waals surface area contributed by atoms with E-state index in [0.29, 0.717) is 6.42 Å². The van der Waals surface area contributed by atoms with Crippen LogP contribution in [0.25, 0.3) is 11.2 Å². The summed E-state index contributed by atoms with van der Waals surface area (Å²) in [5.74, 6) is -0.399. The standard InChI is InChI=1S/C44H80N7O18P3S/c1-31(2)20-18-16-14-12-10-8-6-5-7-9-11-13-15-17-19-21-32(52)26-35(54)73-25-24-46-34(53)22-23-47-42(57)39(56)44(3,4)28-66-72(63,64)69-71(61,62)65-27-33-38(68-70(58,59)60)37(55)43(67-33)51-30-50-36-40(45)48-29-49-41(36)51/h29-33,37-39,43,52,55-56H,5-28H2,1-4H3,(H,46,53)(H,47,57)(H,61,62)(H,63,64)(H2,45,48,49)(H2,58,59,60)/t32-,33+,37+,38+,39-,43+/m0/s1. The zero-order chi connectivity index (χ0) is 54.2. The summed E-state index contributed by atoms with van der Waals surface area (Å²) in [5, 5.41) is 36.7. The number of unbranched alkanes of at least 4 members (excludes halogenated alkanes) is 14. The van der Waals surface area contributed by atoms with Crippen molar-refractivity contribution in [1.29, 1.82) is 0 Å². The first kappa shape index (κ1) is 64.8. The van der Waals surface area contributed by atoms with E-state index < -0.39 is 90.7 Å². The SMILES string of the molecule is CC(C)CCCCCCCCCCCCCCCCC[C@H](O)CC(=O)SCCNC(=O)CCNC(=O)[C@H](O)C(C)(C)COP(=O)(O)OP(=O)(O)OC[C@H]1O[C@@H](n2cnc3c(N)ncnc32)[C@H](O)[C@@H]1OP(=O)(O)O. The average Bonchev–Trinajstić information content (AvgIpc) is 3.86. The van der Waals surface area contributed by atoms with Crippen LogP contribution in [0.5, 0.6) is 0 Å². The maximum absolute atomic E-state index is 12.8. The Bertz CT molecular complexity index is 2140. The predicted molar refractivity (Wildman–Crippen MR) is 271 cm³/mol. The molecule has 3 heterocycles. The van der Waals surface area contributed by atoms with Crippen molar-refractivity contribution in [3.8, 4) is 0 Å². The van der Waals surface area contributed by atoms with Crippen LogP contribution in [0.2, 0.25) is 0 Å². The lowest BCUT2D eigenvalue weighted by molar-refractivity contribution is -0.137. The average molecular weight is 1120 g/mol. The van der Waals surface area contributed by atoms with Gasteiger partial charge in [-0.1, -0.05) is 142 Å². The molecule has 0 aliphatic carbocycles.